The van der Waals surface area contributed by atoms with Crippen molar-refractivity contribution in [3.05, 3.63) is 101 Å². The van der Waals surface area contributed by atoms with Crippen LogP contribution in [0.1, 0.15) is 42.1 Å². The maximum absolute atomic E-state index is 15.2. The van der Waals surface area contributed by atoms with E-state index in [9.17, 15) is 22.0 Å². The summed E-state index contributed by atoms with van der Waals surface area (Å²) >= 11 is 0. The van der Waals surface area contributed by atoms with E-state index < -0.39 is 36.0 Å². The van der Waals surface area contributed by atoms with Gasteiger partial charge in [-0.05, 0) is 78.4 Å². The van der Waals surface area contributed by atoms with Gasteiger partial charge in [0.1, 0.15) is 11.6 Å². The maximum Gasteiger partial charge on any atom is 0.422 e. The van der Waals surface area contributed by atoms with Crippen LogP contribution in [0.4, 0.5) is 26.3 Å². The standard InChI is InChI=1S/C31H29F6NO2/c1-2-3-14-39-25-12-11-24(38-18-25)10-5-20-6-13-26-23(15-20)9-8-22(29(26)34)7-4-21-16-27(32)30(28(33)17-21)40-19-31(35,36)37/h6,8-9,11-13,15-18H,2-5,7,10,14,19H2,1H3. The molecule has 9 heteroatoms. The van der Waals surface area contributed by atoms with Crippen LogP contribution in [0, 0.1) is 17.5 Å². The quantitative estimate of drug-likeness (QED) is 0.129. The highest BCUT2D eigenvalue weighted by molar-refractivity contribution is 5.84. The Bertz CT molecular complexity index is 1410. The van der Waals surface area contributed by atoms with Gasteiger partial charge in [0.15, 0.2) is 24.0 Å². The van der Waals surface area contributed by atoms with Crippen molar-refractivity contribution in [1.82, 2.24) is 4.98 Å². The molecule has 3 nitrogen and oxygen atoms in total. The van der Waals surface area contributed by atoms with Gasteiger partial charge in [0.2, 0.25) is 0 Å². The number of ether oxygens (including phenoxy) is 2. The SMILES string of the molecule is CCCCOc1ccc(CCc2ccc3c(F)c(CCc4cc(F)c(OCC(F)(F)F)c(F)c4)ccc3c2)nc1. The van der Waals surface area contributed by atoms with Gasteiger partial charge in [0.05, 0.1) is 12.8 Å². The summed E-state index contributed by atoms with van der Waals surface area (Å²) in [6.07, 6.45) is 0.732. The van der Waals surface area contributed by atoms with Crippen LogP contribution in [0.3, 0.4) is 0 Å². The van der Waals surface area contributed by atoms with Gasteiger partial charge in [-0.1, -0.05) is 43.7 Å². The first kappa shape index (κ1) is 29.2. The molecule has 0 aliphatic carbocycles. The first-order valence-corrected chi connectivity index (χ1v) is 13.1. The Hall–Kier alpha value is -3.75. The number of unbranched alkanes of at least 4 members (excludes halogenated alkanes) is 1. The molecule has 0 fully saturated rings. The summed E-state index contributed by atoms with van der Waals surface area (Å²) < 4.78 is 90.4. The Morgan fingerprint density at radius 1 is 0.775 bits per heavy atom. The number of aryl methyl sites for hydroxylation is 4. The summed E-state index contributed by atoms with van der Waals surface area (Å²) in [7, 11) is 0. The van der Waals surface area contributed by atoms with Crippen molar-refractivity contribution in [2.75, 3.05) is 13.2 Å². The molecule has 1 heterocycles. The number of pyridine rings is 1. The molecule has 0 amide bonds. The minimum absolute atomic E-state index is 0.0866. The normalized spacial score (nSPS) is 11.7. The Morgan fingerprint density at radius 3 is 2.20 bits per heavy atom. The van der Waals surface area contributed by atoms with Crippen LogP contribution in [0.15, 0.2) is 60.8 Å². The van der Waals surface area contributed by atoms with Crippen LogP contribution < -0.4 is 9.47 Å². The van der Waals surface area contributed by atoms with Crippen molar-refractivity contribution in [2.24, 2.45) is 0 Å². The molecule has 0 saturated heterocycles. The van der Waals surface area contributed by atoms with E-state index in [1.54, 1.807) is 24.4 Å². The molecule has 0 saturated carbocycles. The molecular formula is C31H29F6NO2. The lowest BCUT2D eigenvalue weighted by molar-refractivity contribution is -0.154. The lowest BCUT2D eigenvalue weighted by Crippen LogP contribution is -2.20. The average Bonchev–Trinajstić information content (AvgIpc) is 2.91. The van der Waals surface area contributed by atoms with Crippen LogP contribution in [0.2, 0.25) is 0 Å². The number of benzene rings is 3. The number of aromatic nitrogens is 1. The molecule has 1 aromatic heterocycles. The summed E-state index contributed by atoms with van der Waals surface area (Å²) in [5.41, 5.74) is 2.50. The van der Waals surface area contributed by atoms with Crippen LogP contribution in [0.25, 0.3) is 10.8 Å². The van der Waals surface area contributed by atoms with E-state index >= 15 is 4.39 Å². The van der Waals surface area contributed by atoms with Gasteiger partial charge in [-0.3, -0.25) is 4.98 Å². The molecule has 0 aliphatic rings. The van der Waals surface area contributed by atoms with Gasteiger partial charge >= 0.3 is 6.18 Å². The molecular weight excluding hydrogens is 532 g/mol. The minimum Gasteiger partial charge on any atom is -0.492 e. The van der Waals surface area contributed by atoms with Crippen molar-refractivity contribution >= 4 is 10.8 Å². The zero-order valence-corrected chi connectivity index (χ0v) is 22.0. The van der Waals surface area contributed by atoms with Crippen LogP contribution in [0.5, 0.6) is 11.5 Å². The van der Waals surface area contributed by atoms with Gasteiger partial charge < -0.3 is 9.47 Å². The first-order chi connectivity index (χ1) is 19.1. The number of hydrogen-bond donors (Lipinski definition) is 0. The predicted octanol–water partition coefficient (Wildman–Crippen LogP) is 8.34. The van der Waals surface area contributed by atoms with Crippen LogP contribution in [-0.2, 0) is 25.7 Å². The van der Waals surface area contributed by atoms with E-state index in [0.29, 0.717) is 24.0 Å². The summed E-state index contributed by atoms with van der Waals surface area (Å²) in [4.78, 5) is 4.46. The fourth-order valence-electron chi connectivity index (χ4n) is 4.31. The van der Waals surface area contributed by atoms with Crippen molar-refractivity contribution in [1.29, 1.82) is 0 Å². The number of rotatable bonds is 12. The Balaban J connectivity index is 1.37. The summed E-state index contributed by atoms with van der Waals surface area (Å²) in [6.45, 7) is 0.968. The zero-order chi connectivity index (χ0) is 28.7. The largest absolute Gasteiger partial charge is 0.492 e. The van der Waals surface area contributed by atoms with Gasteiger partial charge in [-0.2, -0.15) is 13.2 Å². The molecule has 3 aromatic carbocycles. The van der Waals surface area contributed by atoms with E-state index in [-0.39, 0.29) is 18.4 Å². The summed E-state index contributed by atoms with van der Waals surface area (Å²) in [6, 6.07) is 14.6. The number of halogens is 6. The van der Waals surface area contributed by atoms with Crippen LogP contribution >= 0.6 is 0 Å². The van der Waals surface area contributed by atoms with Crippen LogP contribution in [-0.4, -0.2) is 24.4 Å². The van der Waals surface area contributed by atoms with E-state index in [0.717, 1.165) is 53.8 Å². The second-order valence-corrected chi connectivity index (χ2v) is 9.57. The monoisotopic (exact) mass is 561 g/mol. The van der Waals surface area contributed by atoms with Crippen molar-refractivity contribution < 1.29 is 35.8 Å². The Kier molecular flexibility index (Phi) is 9.55. The number of alkyl halides is 3. The van der Waals surface area contributed by atoms with Crippen molar-refractivity contribution in [3.8, 4) is 11.5 Å². The molecule has 0 atom stereocenters. The highest BCUT2D eigenvalue weighted by Crippen LogP contribution is 2.28. The Labute approximate surface area is 228 Å². The second-order valence-electron chi connectivity index (χ2n) is 9.57. The smallest absolute Gasteiger partial charge is 0.422 e. The van der Waals surface area contributed by atoms with E-state index in [2.05, 4.69) is 16.6 Å². The Morgan fingerprint density at radius 2 is 1.52 bits per heavy atom. The third kappa shape index (κ3) is 7.90. The molecule has 0 unspecified atom stereocenters. The number of nitrogens with zero attached hydrogens (tertiary/aromatic N) is 1. The van der Waals surface area contributed by atoms with Gasteiger partial charge in [-0.25, -0.2) is 13.2 Å². The van der Waals surface area contributed by atoms with Gasteiger partial charge in [-0.15, -0.1) is 0 Å². The topological polar surface area (TPSA) is 31.4 Å². The van der Waals surface area contributed by atoms with E-state index in [4.69, 9.17) is 4.74 Å². The molecule has 212 valence electrons. The fourth-order valence-corrected chi connectivity index (χ4v) is 4.31. The van der Waals surface area contributed by atoms with E-state index in [1.165, 1.54) is 0 Å². The molecule has 4 aromatic rings. The lowest BCUT2D eigenvalue weighted by atomic mass is 9.97. The molecule has 0 bridgehead atoms. The van der Waals surface area contributed by atoms with Crippen molar-refractivity contribution in [3.63, 3.8) is 0 Å². The third-order valence-electron chi connectivity index (χ3n) is 6.45. The summed E-state index contributed by atoms with van der Waals surface area (Å²) in [5.74, 6) is -3.24. The third-order valence-corrected chi connectivity index (χ3v) is 6.45. The highest BCUT2D eigenvalue weighted by atomic mass is 19.4. The number of fused-ring (bicyclic) bond motifs is 1. The molecule has 0 N–H and O–H groups in total. The zero-order valence-electron chi connectivity index (χ0n) is 22.0. The summed E-state index contributed by atoms with van der Waals surface area (Å²) in [5, 5.41) is 1.16. The first-order valence-electron chi connectivity index (χ1n) is 13.1. The van der Waals surface area contributed by atoms with Gasteiger partial charge in [0, 0.05) is 11.1 Å². The highest BCUT2D eigenvalue weighted by Gasteiger charge is 2.30. The lowest BCUT2D eigenvalue weighted by Gasteiger charge is -2.12. The molecule has 40 heavy (non-hydrogen) atoms. The van der Waals surface area contributed by atoms with Crippen molar-refractivity contribution in [2.45, 2.75) is 51.6 Å². The predicted molar refractivity (Wildman–Crippen MR) is 141 cm³/mol. The second kappa shape index (κ2) is 13.1. The molecule has 4 rings (SSSR count). The maximum atomic E-state index is 15.2. The fraction of sp³-hybridized carbons (Fsp3) is 0.323. The number of hydrogen-bond acceptors (Lipinski definition) is 3. The van der Waals surface area contributed by atoms with E-state index in [1.807, 2.05) is 24.3 Å². The molecule has 0 aliphatic heterocycles. The van der Waals surface area contributed by atoms with Gasteiger partial charge in [0.25, 0.3) is 0 Å². The molecule has 0 radical (unpaired) electrons. The molecule has 0 spiro atoms. The average molecular weight is 562 g/mol. The minimum atomic E-state index is -4.72.